The lowest BCUT2D eigenvalue weighted by Crippen LogP contribution is -2.30. The van der Waals surface area contributed by atoms with E-state index in [2.05, 4.69) is 5.32 Å². The topological polar surface area (TPSA) is 143 Å². The Morgan fingerprint density at radius 3 is 2.12 bits per heavy atom. The van der Waals surface area contributed by atoms with Crippen molar-refractivity contribution in [2.45, 2.75) is 11.3 Å². The van der Waals surface area contributed by atoms with Gasteiger partial charge in [-0.3, -0.25) is 4.79 Å². The summed E-state index contributed by atoms with van der Waals surface area (Å²) in [7, 11) is 0.711. The first-order valence-electron chi connectivity index (χ1n) is 9.71. The van der Waals surface area contributed by atoms with Crippen molar-refractivity contribution in [2.24, 2.45) is 5.14 Å². The van der Waals surface area contributed by atoms with Crippen molar-refractivity contribution < 1.29 is 37.0 Å². The van der Waals surface area contributed by atoms with E-state index in [4.69, 9.17) is 24.1 Å². The minimum Gasteiger partial charge on any atom is -0.493 e. The summed E-state index contributed by atoms with van der Waals surface area (Å²) in [5, 5.41) is 7.67. The summed E-state index contributed by atoms with van der Waals surface area (Å²) in [5.41, 5.74) is 1.42. The van der Waals surface area contributed by atoms with E-state index in [1.807, 2.05) is 0 Å². The van der Waals surface area contributed by atoms with Gasteiger partial charge in [0, 0.05) is 12.6 Å². The molecule has 0 aliphatic rings. The average Bonchev–Trinajstić information content (AvgIpc) is 2.80. The highest BCUT2D eigenvalue weighted by atomic mass is 32.2. The molecule has 2 aromatic rings. The fourth-order valence-electron chi connectivity index (χ4n) is 2.79. The van der Waals surface area contributed by atoms with Crippen LogP contribution in [0, 0.1) is 0 Å². The highest BCUT2D eigenvalue weighted by Crippen LogP contribution is 2.38. The quantitative estimate of drug-likeness (QED) is 0.363. The third-order valence-corrected chi connectivity index (χ3v) is 5.36. The van der Waals surface area contributed by atoms with E-state index >= 15 is 0 Å². The van der Waals surface area contributed by atoms with E-state index in [9.17, 15) is 18.0 Å². The first-order chi connectivity index (χ1) is 15.7. The molecule has 0 radical (unpaired) electrons. The number of hydrogen-bond acceptors (Lipinski definition) is 8. The van der Waals surface area contributed by atoms with Gasteiger partial charge < -0.3 is 24.3 Å². The van der Waals surface area contributed by atoms with Gasteiger partial charge in [-0.25, -0.2) is 18.4 Å². The van der Waals surface area contributed by atoms with Crippen LogP contribution in [-0.4, -0.2) is 54.8 Å². The Hall–Kier alpha value is -3.57. The van der Waals surface area contributed by atoms with Crippen LogP contribution >= 0.6 is 0 Å². The number of methoxy groups -OCH3 is 3. The first-order valence-corrected chi connectivity index (χ1v) is 11.3. The van der Waals surface area contributed by atoms with E-state index in [1.165, 1.54) is 45.6 Å². The summed E-state index contributed by atoms with van der Waals surface area (Å²) in [5.74, 6) is 0.131. The highest BCUT2D eigenvalue weighted by Gasteiger charge is 2.12. The van der Waals surface area contributed by atoms with Gasteiger partial charge in [-0.05, 0) is 47.9 Å². The van der Waals surface area contributed by atoms with Gasteiger partial charge in [0.2, 0.25) is 15.8 Å². The van der Waals surface area contributed by atoms with Gasteiger partial charge in [-0.1, -0.05) is 12.1 Å². The predicted molar refractivity (Wildman–Crippen MR) is 121 cm³/mol. The third kappa shape index (κ3) is 7.81. The number of esters is 1. The highest BCUT2D eigenvalue weighted by molar-refractivity contribution is 7.89. The maximum absolute atomic E-state index is 11.9. The molecule has 2 rings (SSSR count). The van der Waals surface area contributed by atoms with Crippen molar-refractivity contribution in [1.29, 1.82) is 0 Å². The van der Waals surface area contributed by atoms with Crippen molar-refractivity contribution >= 4 is 28.0 Å². The molecule has 11 heteroatoms. The second kappa shape index (κ2) is 11.9. The largest absolute Gasteiger partial charge is 0.493 e. The molecule has 3 N–H and O–H groups in total. The van der Waals surface area contributed by atoms with Crippen molar-refractivity contribution in [1.82, 2.24) is 5.32 Å². The summed E-state index contributed by atoms with van der Waals surface area (Å²) in [6.45, 7) is -0.158. The number of primary sulfonamides is 1. The summed E-state index contributed by atoms with van der Waals surface area (Å²) in [6.07, 6.45) is 3.14. The van der Waals surface area contributed by atoms with Crippen LogP contribution in [0.3, 0.4) is 0 Å². The molecule has 0 aliphatic carbocycles. The van der Waals surface area contributed by atoms with Gasteiger partial charge in [-0.15, -0.1) is 0 Å². The summed E-state index contributed by atoms with van der Waals surface area (Å²) in [4.78, 5) is 23.8. The SMILES string of the molecule is COc1cc(C=CC(=O)OCC(=O)NCCc2ccc(S(N)(=O)=O)cc2)cc(OC)c1OC. The molecule has 0 aliphatic heterocycles. The first kappa shape index (κ1) is 25.7. The Morgan fingerprint density at radius 1 is 1.00 bits per heavy atom. The standard InChI is InChI=1S/C22H26N2O8S/c1-29-18-12-16(13-19(30-2)22(18)31-3)6-9-21(26)32-14-20(25)24-11-10-15-4-7-17(8-5-15)33(23,27)28/h4-9,12-13H,10-11,14H2,1-3H3,(H,24,25)(H2,23,27,28). The van der Waals surface area contributed by atoms with Crippen LogP contribution < -0.4 is 24.7 Å². The van der Waals surface area contributed by atoms with Crippen LogP contribution in [0.4, 0.5) is 0 Å². The van der Waals surface area contributed by atoms with Gasteiger partial charge in [0.05, 0.1) is 26.2 Å². The number of nitrogens with two attached hydrogens (primary N) is 1. The molecule has 0 atom stereocenters. The Morgan fingerprint density at radius 2 is 1.61 bits per heavy atom. The number of carbonyl (C=O) groups excluding carboxylic acids is 2. The zero-order chi connectivity index (χ0) is 24.4. The molecule has 33 heavy (non-hydrogen) atoms. The van der Waals surface area contributed by atoms with Gasteiger partial charge in [0.1, 0.15) is 0 Å². The van der Waals surface area contributed by atoms with Crippen molar-refractivity contribution in [3.63, 3.8) is 0 Å². The molecule has 0 saturated carbocycles. The minimum atomic E-state index is -3.74. The van der Waals surface area contributed by atoms with Crippen molar-refractivity contribution in [3.8, 4) is 17.2 Å². The second-order valence-corrected chi connectivity index (χ2v) is 8.25. The molecule has 1 amide bonds. The maximum Gasteiger partial charge on any atom is 0.331 e. The Kier molecular flexibility index (Phi) is 9.25. The number of amides is 1. The van der Waals surface area contributed by atoms with Gasteiger partial charge in [0.25, 0.3) is 5.91 Å². The third-order valence-electron chi connectivity index (χ3n) is 4.43. The van der Waals surface area contributed by atoms with Crippen LogP contribution in [-0.2, 0) is 30.8 Å². The van der Waals surface area contributed by atoms with Gasteiger partial charge in [0.15, 0.2) is 18.1 Å². The minimum absolute atomic E-state index is 0.0155. The number of nitrogens with one attached hydrogen (secondary N) is 1. The summed E-state index contributed by atoms with van der Waals surface area (Å²) in [6, 6.07) is 9.34. The molecule has 0 aromatic heterocycles. The van der Waals surface area contributed by atoms with Crippen LogP contribution in [0.5, 0.6) is 17.2 Å². The molecule has 0 bridgehead atoms. The van der Waals surface area contributed by atoms with E-state index in [0.29, 0.717) is 29.2 Å². The van der Waals surface area contributed by atoms with Crippen molar-refractivity contribution in [3.05, 3.63) is 53.6 Å². The predicted octanol–water partition coefficient (Wildman–Crippen LogP) is 1.28. The maximum atomic E-state index is 11.9. The van der Waals surface area contributed by atoms with Gasteiger partial charge in [-0.2, -0.15) is 0 Å². The Labute approximate surface area is 192 Å². The Bertz CT molecular complexity index is 1090. The molecule has 0 fully saturated rings. The molecule has 0 spiro atoms. The molecule has 10 nitrogen and oxygen atoms in total. The summed E-state index contributed by atoms with van der Waals surface area (Å²) < 4.78 is 43.2. The average molecular weight is 479 g/mol. The second-order valence-electron chi connectivity index (χ2n) is 6.69. The smallest absolute Gasteiger partial charge is 0.331 e. The molecule has 0 saturated heterocycles. The van der Waals surface area contributed by atoms with E-state index < -0.39 is 28.5 Å². The zero-order valence-electron chi connectivity index (χ0n) is 18.5. The van der Waals surface area contributed by atoms with E-state index in [1.54, 1.807) is 24.3 Å². The summed E-state index contributed by atoms with van der Waals surface area (Å²) >= 11 is 0. The zero-order valence-corrected chi connectivity index (χ0v) is 19.3. The molecular weight excluding hydrogens is 452 g/mol. The monoisotopic (exact) mass is 478 g/mol. The lowest BCUT2D eigenvalue weighted by molar-refractivity contribution is -0.143. The van der Waals surface area contributed by atoms with Crippen molar-refractivity contribution in [2.75, 3.05) is 34.5 Å². The fraction of sp³-hybridized carbons (Fsp3) is 0.273. The number of ether oxygens (including phenoxy) is 4. The number of benzene rings is 2. The molecule has 0 unspecified atom stereocenters. The fourth-order valence-corrected chi connectivity index (χ4v) is 3.31. The number of carbonyl (C=O) groups is 2. The van der Waals surface area contributed by atoms with Gasteiger partial charge >= 0.3 is 5.97 Å². The number of sulfonamides is 1. The van der Waals surface area contributed by atoms with Crippen LogP contribution in [0.1, 0.15) is 11.1 Å². The molecule has 178 valence electrons. The molecular formula is C22H26N2O8S. The van der Waals surface area contributed by atoms with E-state index in [-0.39, 0.29) is 11.4 Å². The molecule has 2 aromatic carbocycles. The molecule has 0 heterocycles. The normalized spacial score (nSPS) is 11.2. The van der Waals surface area contributed by atoms with Crippen LogP contribution in [0.25, 0.3) is 6.08 Å². The number of hydrogen-bond donors (Lipinski definition) is 2. The lowest BCUT2D eigenvalue weighted by Gasteiger charge is -2.12. The lowest BCUT2D eigenvalue weighted by atomic mass is 10.1. The van der Waals surface area contributed by atoms with E-state index in [0.717, 1.165) is 5.56 Å². The number of rotatable bonds is 11. The Balaban J connectivity index is 1.81. The van der Waals surface area contributed by atoms with Crippen LogP contribution in [0.15, 0.2) is 47.4 Å². The van der Waals surface area contributed by atoms with Crippen LogP contribution in [0.2, 0.25) is 0 Å².